The molecule has 1 atom stereocenters. The first-order chi connectivity index (χ1) is 8.75. The fraction of sp³-hybridized carbons (Fsp3) is 0.286. The van der Waals surface area contributed by atoms with Crippen LogP contribution in [0.5, 0.6) is 5.75 Å². The Morgan fingerprint density at radius 1 is 1.28 bits per heavy atom. The molecule has 0 spiro atoms. The highest BCUT2D eigenvalue weighted by Gasteiger charge is 2.04. The van der Waals surface area contributed by atoms with Gasteiger partial charge in [-0.25, -0.2) is 0 Å². The Hall–Kier alpha value is -1.03. The maximum Gasteiger partial charge on any atom is 0.119 e. The van der Waals surface area contributed by atoms with E-state index < -0.39 is 0 Å². The number of hydrogen-bond donors (Lipinski definition) is 1. The molecule has 1 N–H and O–H groups in total. The van der Waals surface area contributed by atoms with Crippen LogP contribution in [0.4, 0.5) is 0 Å². The molecule has 0 amide bonds. The van der Waals surface area contributed by atoms with Crippen LogP contribution in [0.3, 0.4) is 0 Å². The minimum Gasteiger partial charge on any atom is -0.492 e. The summed E-state index contributed by atoms with van der Waals surface area (Å²) in [4.78, 5) is 1.35. The van der Waals surface area contributed by atoms with Crippen molar-refractivity contribution in [3.8, 4) is 5.75 Å². The first kappa shape index (κ1) is 13.4. The minimum absolute atomic E-state index is 0.374. The second-order valence-electron chi connectivity index (χ2n) is 3.99. The van der Waals surface area contributed by atoms with Gasteiger partial charge >= 0.3 is 0 Å². The van der Waals surface area contributed by atoms with Gasteiger partial charge in [0, 0.05) is 22.5 Å². The second-order valence-corrected chi connectivity index (χ2v) is 5.41. The number of benzene rings is 1. The van der Waals surface area contributed by atoms with Gasteiger partial charge in [0.15, 0.2) is 0 Å². The van der Waals surface area contributed by atoms with Crippen molar-refractivity contribution in [1.29, 1.82) is 0 Å². The summed E-state index contributed by atoms with van der Waals surface area (Å²) in [5.74, 6) is 0.852. The molecule has 0 fully saturated rings. The van der Waals surface area contributed by atoms with Crippen molar-refractivity contribution < 1.29 is 4.74 Å². The molecule has 18 heavy (non-hydrogen) atoms. The topological polar surface area (TPSA) is 21.3 Å². The number of nitrogens with one attached hydrogen (secondary N) is 1. The highest BCUT2D eigenvalue weighted by atomic mass is 35.5. The van der Waals surface area contributed by atoms with Crippen LogP contribution in [0, 0.1) is 0 Å². The smallest absolute Gasteiger partial charge is 0.119 e. The van der Waals surface area contributed by atoms with Crippen molar-refractivity contribution in [2.45, 2.75) is 13.0 Å². The third-order valence-electron chi connectivity index (χ3n) is 2.60. The molecule has 0 radical (unpaired) electrons. The van der Waals surface area contributed by atoms with Crippen molar-refractivity contribution in [1.82, 2.24) is 5.32 Å². The van der Waals surface area contributed by atoms with Gasteiger partial charge in [-0.15, -0.1) is 11.3 Å². The van der Waals surface area contributed by atoms with E-state index in [4.69, 9.17) is 16.3 Å². The molecule has 0 saturated heterocycles. The molecule has 2 nitrogen and oxygen atoms in total. The average molecular weight is 282 g/mol. The molecule has 1 unspecified atom stereocenters. The Kier molecular flexibility index (Phi) is 5.05. The van der Waals surface area contributed by atoms with E-state index >= 15 is 0 Å². The molecule has 96 valence electrons. The first-order valence-electron chi connectivity index (χ1n) is 5.91. The highest BCUT2D eigenvalue weighted by Crippen LogP contribution is 2.18. The molecule has 1 aromatic heterocycles. The maximum atomic E-state index is 5.80. The zero-order chi connectivity index (χ0) is 12.8. The minimum atomic E-state index is 0.374. The monoisotopic (exact) mass is 281 g/mol. The average Bonchev–Trinajstić information content (AvgIpc) is 2.90. The quantitative estimate of drug-likeness (QED) is 0.804. The zero-order valence-corrected chi connectivity index (χ0v) is 11.8. The molecule has 2 aromatic rings. The van der Waals surface area contributed by atoms with Gasteiger partial charge in [0.25, 0.3) is 0 Å². The van der Waals surface area contributed by atoms with Crippen LogP contribution in [0.25, 0.3) is 0 Å². The SMILES string of the molecule is CC(NCCOc1ccc(Cl)cc1)c1cccs1. The summed E-state index contributed by atoms with van der Waals surface area (Å²) in [5, 5.41) is 6.25. The van der Waals surface area contributed by atoms with Crippen molar-refractivity contribution in [2.24, 2.45) is 0 Å². The van der Waals surface area contributed by atoms with Gasteiger partial charge in [0.1, 0.15) is 12.4 Å². The van der Waals surface area contributed by atoms with Crippen LogP contribution < -0.4 is 10.1 Å². The van der Waals surface area contributed by atoms with E-state index in [1.54, 1.807) is 11.3 Å². The summed E-state index contributed by atoms with van der Waals surface area (Å²) in [7, 11) is 0. The van der Waals surface area contributed by atoms with Crippen LogP contribution in [0.2, 0.25) is 5.02 Å². The van der Waals surface area contributed by atoms with Gasteiger partial charge < -0.3 is 10.1 Å². The van der Waals surface area contributed by atoms with E-state index in [2.05, 4.69) is 29.8 Å². The summed E-state index contributed by atoms with van der Waals surface area (Å²) >= 11 is 7.57. The van der Waals surface area contributed by atoms with Crippen LogP contribution in [-0.2, 0) is 0 Å². The molecule has 4 heteroatoms. The number of thiophene rings is 1. The summed E-state index contributed by atoms with van der Waals surface area (Å²) < 4.78 is 5.61. The lowest BCUT2D eigenvalue weighted by Crippen LogP contribution is -2.23. The number of hydrogen-bond acceptors (Lipinski definition) is 3. The van der Waals surface area contributed by atoms with E-state index in [9.17, 15) is 0 Å². The zero-order valence-electron chi connectivity index (χ0n) is 10.2. The van der Waals surface area contributed by atoms with Crippen LogP contribution in [-0.4, -0.2) is 13.2 Å². The standard InChI is InChI=1S/C14H16ClNOS/c1-11(14-3-2-10-18-14)16-8-9-17-13-6-4-12(15)5-7-13/h2-7,10-11,16H,8-9H2,1H3. The van der Waals surface area contributed by atoms with Crippen LogP contribution in [0.15, 0.2) is 41.8 Å². The fourth-order valence-corrected chi connectivity index (χ4v) is 2.50. The highest BCUT2D eigenvalue weighted by molar-refractivity contribution is 7.10. The van der Waals surface area contributed by atoms with E-state index in [0.29, 0.717) is 12.6 Å². The van der Waals surface area contributed by atoms with Gasteiger partial charge in [0.2, 0.25) is 0 Å². The largest absolute Gasteiger partial charge is 0.492 e. The van der Waals surface area contributed by atoms with Gasteiger partial charge in [-0.2, -0.15) is 0 Å². The van der Waals surface area contributed by atoms with Crippen molar-refractivity contribution in [2.75, 3.05) is 13.2 Å². The number of rotatable bonds is 6. The molecule has 0 saturated carbocycles. The van der Waals surface area contributed by atoms with Crippen molar-refractivity contribution in [3.63, 3.8) is 0 Å². The molecule has 0 aliphatic heterocycles. The lowest BCUT2D eigenvalue weighted by Gasteiger charge is -2.12. The summed E-state index contributed by atoms with van der Waals surface area (Å²) in [6, 6.07) is 12.0. The van der Waals surface area contributed by atoms with Crippen LogP contribution >= 0.6 is 22.9 Å². The Labute approximate surface area is 117 Å². The summed E-state index contributed by atoms with van der Waals surface area (Å²) in [6.45, 7) is 3.63. The lowest BCUT2D eigenvalue weighted by atomic mass is 10.3. The predicted molar refractivity (Wildman–Crippen MR) is 77.7 cm³/mol. The van der Waals surface area contributed by atoms with Crippen LogP contribution in [0.1, 0.15) is 17.8 Å². The van der Waals surface area contributed by atoms with Gasteiger partial charge in [0.05, 0.1) is 0 Å². The molecule has 1 heterocycles. The first-order valence-corrected chi connectivity index (χ1v) is 7.16. The molecule has 0 bridgehead atoms. The number of halogens is 1. The number of ether oxygens (including phenoxy) is 1. The van der Waals surface area contributed by atoms with E-state index in [0.717, 1.165) is 17.3 Å². The van der Waals surface area contributed by atoms with E-state index in [-0.39, 0.29) is 0 Å². The van der Waals surface area contributed by atoms with Gasteiger partial charge in [-0.1, -0.05) is 17.7 Å². The maximum absolute atomic E-state index is 5.80. The fourth-order valence-electron chi connectivity index (χ4n) is 1.61. The third kappa shape index (κ3) is 4.02. The van der Waals surface area contributed by atoms with Crippen molar-refractivity contribution in [3.05, 3.63) is 51.7 Å². The molecule has 0 aliphatic carbocycles. The molecular weight excluding hydrogens is 266 g/mol. The summed E-state index contributed by atoms with van der Waals surface area (Å²) in [6.07, 6.45) is 0. The molecule has 0 aliphatic rings. The normalized spacial score (nSPS) is 12.3. The lowest BCUT2D eigenvalue weighted by molar-refractivity contribution is 0.308. The predicted octanol–water partition coefficient (Wildman–Crippen LogP) is 4.13. The van der Waals surface area contributed by atoms with Gasteiger partial charge in [-0.3, -0.25) is 0 Å². The Morgan fingerprint density at radius 2 is 2.06 bits per heavy atom. The van der Waals surface area contributed by atoms with E-state index in [1.165, 1.54) is 4.88 Å². The van der Waals surface area contributed by atoms with Crippen molar-refractivity contribution >= 4 is 22.9 Å². The van der Waals surface area contributed by atoms with Gasteiger partial charge in [-0.05, 0) is 42.6 Å². The third-order valence-corrected chi connectivity index (χ3v) is 3.91. The molecular formula is C14H16ClNOS. The summed E-state index contributed by atoms with van der Waals surface area (Å²) in [5.41, 5.74) is 0. The Bertz CT molecular complexity index is 455. The Morgan fingerprint density at radius 3 is 2.72 bits per heavy atom. The Balaban J connectivity index is 1.68. The van der Waals surface area contributed by atoms with E-state index in [1.807, 2.05) is 24.3 Å². The molecule has 1 aromatic carbocycles. The molecule has 2 rings (SSSR count). The second kappa shape index (κ2) is 6.78.